The molecule has 0 bridgehead atoms. The summed E-state index contributed by atoms with van der Waals surface area (Å²) in [5.41, 5.74) is 13.5. The van der Waals surface area contributed by atoms with Gasteiger partial charge >= 0.3 is 12.0 Å². The van der Waals surface area contributed by atoms with E-state index < -0.39 is 42.1 Å². The molecule has 0 aliphatic carbocycles. The van der Waals surface area contributed by atoms with Crippen molar-refractivity contribution >= 4 is 35.1 Å². The Labute approximate surface area is 155 Å². The van der Waals surface area contributed by atoms with Gasteiger partial charge in [0.25, 0.3) is 0 Å². The van der Waals surface area contributed by atoms with Gasteiger partial charge in [-0.1, -0.05) is 12.2 Å². The number of primary amides is 1. The summed E-state index contributed by atoms with van der Waals surface area (Å²) >= 11 is 5.18. The van der Waals surface area contributed by atoms with Crippen molar-refractivity contribution in [3.8, 4) is 0 Å². The zero-order chi connectivity index (χ0) is 20.4. The summed E-state index contributed by atoms with van der Waals surface area (Å²) in [6.45, 7) is 1.12. The molecule has 0 aromatic heterocycles. The smallest absolute Gasteiger partial charge is 0.328 e. The lowest BCUT2D eigenvalue weighted by Crippen LogP contribution is -2.58. The molecule has 3 amide bonds. The number of amides is 3. The van der Waals surface area contributed by atoms with Gasteiger partial charge < -0.3 is 42.4 Å². The molecule has 0 aromatic rings. The van der Waals surface area contributed by atoms with Gasteiger partial charge in [0, 0.05) is 19.6 Å². The fourth-order valence-electron chi connectivity index (χ4n) is 1.76. The van der Waals surface area contributed by atoms with E-state index in [1.807, 2.05) is 0 Å². The second-order valence-electron chi connectivity index (χ2n) is 5.60. The molecule has 0 aromatic carbocycles. The third-order valence-electron chi connectivity index (χ3n) is 3.20. The van der Waals surface area contributed by atoms with E-state index in [1.165, 1.54) is 19.0 Å². The van der Waals surface area contributed by atoms with Crippen molar-refractivity contribution in [1.29, 1.82) is 0 Å². The van der Waals surface area contributed by atoms with Crippen molar-refractivity contribution < 1.29 is 29.7 Å². The number of aliphatic hydroxyl groups excluding tert-OH is 2. The summed E-state index contributed by atoms with van der Waals surface area (Å²) in [4.78, 5) is 34.3. The molecule has 26 heavy (non-hydrogen) atoms. The quantitative estimate of drug-likeness (QED) is 0.128. The van der Waals surface area contributed by atoms with Crippen molar-refractivity contribution in [2.45, 2.75) is 37.6 Å². The van der Waals surface area contributed by atoms with E-state index in [4.69, 9.17) is 33.9 Å². The molecule has 0 saturated heterocycles. The third-order valence-corrected chi connectivity index (χ3v) is 3.76. The second-order valence-corrected chi connectivity index (χ2v) is 6.02. The maximum absolute atomic E-state index is 12.0. The van der Waals surface area contributed by atoms with Gasteiger partial charge in [-0.2, -0.15) is 0 Å². The molecule has 0 spiro atoms. The van der Waals surface area contributed by atoms with Crippen LogP contribution in [-0.4, -0.2) is 87.7 Å². The predicted molar refractivity (Wildman–Crippen MR) is 95.8 cm³/mol. The number of carboxylic acids is 1. The number of hydrogen-bond donors (Lipinski definition) is 8. The van der Waals surface area contributed by atoms with Crippen LogP contribution in [0.15, 0.2) is 0 Å². The first kappa shape index (κ1) is 23.9. The minimum atomic E-state index is -1.55. The van der Waals surface area contributed by atoms with Crippen molar-refractivity contribution in [2.75, 3.05) is 20.2 Å². The number of aliphatic carboxylic acids is 1. The van der Waals surface area contributed by atoms with Crippen LogP contribution in [0.5, 0.6) is 0 Å². The SMILES string of the molecule is CC(O)C(NC(=O)NC(CC(N)=O)C(=S)N(C)NCC(N)CO)C(=O)O. The molecule has 4 atom stereocenters. The van der Waals surface area contributed by atoms with Gasteiger partial charge in [0.1, 0.15) is 4.99 Å². The number of rotatable bonds is 11. The van der Waals surface area contributed by atoms with Crippen LogP contribution >= 0.6 is 12.2 Å². The number of hydrogen-bond acceptors (Lipinski definition) is 8. The predicted octanol–water partition coefficient (Wildman–Crippen LogP) is -3.55. The highest BCUT2D eigenvalue weighted by Crippen LogP contribution is 2.00. The van der Waals surface area contributed by atoms with Gasteiger partial charge in [-0.05, 0) is 6.92 Å². The second kappa shape index (κ2) is 11.5. The summed E-state index contributed by atoms with van der Waals surface area (Å²) in [5, 5.41) is 33.0. The first-order chi connectivity index (χ1) is 12.0. The van der Waals surface area contributed by atoms with E-state index in [2.05, 4.69) is 16.1 Å². The Kier molecular flexibility index (Phi) is 10.6. The van der Waals surface area contributed by atoms with Crippen LogP contribution in [0.1, 0.15) is 13.3 Å². The Hall–Kier alpha value is -2.06. The molecule has 12 nitrogen and oxygen atoms in total. The summed E-state index contributed by atoms with van der Waals surface area (Å²) in [6, 6.07) is -4.06. The Morgan fingerprint density at radius 2 is 1.85 bits per heavy atom. The van der Waals surface area contributed by atoms with Gasteiger partial charge in [0.15, 0.2) is 6.04 Å². The molecule has 0 aliphatic rings. The number of nitrogens with one attached hydrogen (secondary N) is 3. The van der Waals surface area contributed by atoms with Gasteiger partial charge in [-0.3, -0.25) is 4.79 Å². The van der Waals surface area contributed by atoms with Crippen LogP contribution in [0.3, 0.4) is 0 Å². The van der Waals surface area contributed by atoms with Crippen molar-refractivity contribution in [1.82, 2.24) is 21.1 Å². The highest BCUT2D eigenvalue weighted by Gasteiger charge is 2.28. The summed E-state index contributed by atoms with van der Waals surface area (Å²) in [7, 11) is 1.51. The molecular formula is C13H26N6O6S. The van der Waals surface area contributed by atoms with Crippen molar-refractivity contribution in [3.63, 3.8) is 0 Å². The average Bonchev–Trinajstić information content (AvgIpc) is 2.54. The molecule has 150 valence electrons. The number of aliphatic hydroxyl groups is 2. The van der Waals surface area contributed by atoms with E-state index >= 15 is 0 Å². The van der Waals surface area contributed by atoms with Crippen molar-refractivity contribution in [2.24, 2.45) is 11.5 Å². The van der Waals surface area contributed by atoms with Crippen LogP contribution in [0, 0.1) is 0 Å². The fourth-order valence-corrected chi connectivity index (χ4v) is 1.97. The largest absolute Gasteiger partial charge is 0.480 e. The summed E-state index contributed by atoms with van der Waals surface area (Å²) in [5.74, 6) is -2.18. The average molecular weight is 394 g/mol. The molecule has 0 saturated carbocycles. The molecule has 0 heterocycles. The highest BCUT2D eigenvalue weighted by atomic mass is 32.1. The number of carbonyl (C=O) groups is 3. The minimum absolute atomic E-state index is 0.0769. The molecule has 4 unspecified atom stereocenters. The Bertz CT molecular complexity index is 519. The molecule has 0 fully saturated rings. The summed E-state index contributed by atoms with van der Waals surface area (Å²) < 4.78 is 0. The number of carbonyl (C=O) groups excluding carboxylic acids is 2. The number of hydrazine groups is 1. The maximum atomic E-state index is 12.0. The van der Waals surface area contributed by atoms with Crippen LogP contribution in [0.25, 0.3) is 0 Å². The lowest BCUT2D eigenvalue weighted by molar-refractivity contribution is -0.141. The van der Waals surface area contributed by atoms with Crippen LogP contribution in [-0.2, 0) is 9.59 Å². The van der Waals surface area contributed by atoms with Crippen LogP contribution < -0.4 is 27.5 Å². The lowest BCUT2D eigenvalue weighted by Gasteiger charge is -2.28. The molecule has 0 aliphatic heterocycles. The third kappa shape index (κ3) is 8.87. The van der Waals surface area contributed by atoms with Gasteiger partial charge in [0.05, 0.1) is 25.2 Å². The first-order valence-electron chi connectivity index (χ1n) is 7.63. The van der Waals surface area contributed by atoms with E-state index in [0.29, 0.717) is 0 Å². The minimum Gasteiger partial charge on any atom is -0.480 e. The molecule has 0 radical (unpaired) electrons. The van der Waals surface area contributed by atoms with E-state index in [1.54, 1.807) is 0 Å². The Morgan fingerprint density at radius 1 is 1.27 bits per heavy atom. The fraction of sp³-hybridized carbons (Fsp3) is 0.692. The Morgan fingerprint density at radius 3 is 2.27 bits per heavy atom. The maximum Gasteiger partial charge on any atom is 0.328 e. The number of nitrogens with zero attached hydrogens (tertiary/aromatic N) is 1. The van der Waals surface area contributed by atoms with Gasteiger partial charge in [-0.25, -0.2) is 15.0 Å². The Balaban J connectivity index is 4.97. The number of urea groups is 1. The topological polar surface area (TPSA) is 203 Å². The standard InChI is InChI=1S/C13H26N6O6S/c1-6(21)10(12(23)24)18-13(25)17-8(3-9(15)22)11(26)19(2)16-4-7(14)5-20/h6-8,10,16,20-21H,3-5,14H2,1-2H3,(H2,15,22)(H,23,24)(H2,17,18,25). The normalized spacial score (nSPS) is 15.3. The zero-order valence-corrected chi connectivity index (χ0v) is 15.3. The highest BCUT2D eigenvalue weighted by molar-refractivity contribution is 7.80. The number of nitrogens with two attached hydrogens (primary N) is 2. The van der Waals surface area contributed by atoms with Crippen LogP contribution in [0.4, 0.5) is 4.79 Å². The van der Waals surface area contributed by atoms with Crippen LogP contribution in [0.2, 0.25) is 0 Å². The zero-order valence-electron chi connectivity index (χ0n) is 14.5. The monoisotopic (exact) mass is 394 g/mol. The molecule has 10 N–H and O–H groups in total. The first-order valence-corrected chi connectivity index (χ1v) is 8.04. The van der Waals surface area contributed by atoms with Crippen molar-refractivity contribution in [3.05, 3.63) is 0 Å². The van der Waals surface area contributed by atoms with Gasteiger partial charge in [-0.15, -0.1) is 0 Å². The van der Waals surface area contributed by atoms with Gasteiger partial charge in [0.2, 0.25) is 5.91 Å². The van der Waals surface area contributed by atoms with E-state index in [9.17, 15) is 19.5 Å². The number of likely N-dealkylation sites (N-methyl/N-ethyl adjacent to an activating group) is 1. The molecule has 13 heteroatoms. The number of thiocarbonyl (C=S) groups is 1. The summed E-state index contributed by atoms with van der Waals surface area (Å²) in [6.07, 6.45) is -1.68. The molecule has 0 rings (SSSR count). The molecular weight excluding hydrogens is 368 g/mol. The lowest BCUT2D eigenvalue weighted by atomic mass is 10.2. The van der Waals surface area contributed by atoms with E-state index in [0.717, 1.165) is 0 Å². The number of carboxylic acid groups (broad SMARTS) is 1. The van der Waals surface area contributed by atoms with E-state index in [-0.39, 0.29) is 24.6 Å².